The number of carbonyl (C=O) groups is 6. The third kappa shape index (κ3) is 12.6. The highest BCUT2D eigenvalue weighted by Crippen LogP contribution is 2.33. The molecule has 1 aliphatic rings. The second kappa shape index (κ2) is 17.4. The van der Waals surface area contributed by atoms with E-state index in [1.165, 1.54) is 44.4 Å². The Kier molecular flexibility index (Phi) is 13.4. The van der Waals surface area contributed by atoms with Crippen LogP contribution in [0.25, 0.3) is 0 Å². The van der Waals surface area contributed by atoms with Gasteiger partial charge in [0.15, 0.2) is 0 Å². The Bertz CT molecular complexity index is 1430. The zero-order valence-corrected chi connectivity index (χ0v) is 26.3. The van der Waals surface area contributed by atoms with E-state index < -0.39 is 64.5 Å². The summed E-state index contributed by atoms with van der Waals surface area (Å²) in [4.78, 5) is 85.8. The van der Waals surface area contributed by atoms with Crippen molar-refractivity contribution in [3.63, 3.8) is 0 Å². The minimum Gasteiger partial charge on any atom is -0.469 e. The predicted octanol–water partition coefficient (Wildman–Crippen LogP) is 0.134. The van der Waals surface area contributed by atoms with Crippen LogP contribution in [0.15, 0.2) is 47.1 Å². The molecule has 16 nitrogen and oxygen atoms in total. The van der Waals surface area contributed by atoms with E-state index in [1.54, 1.807) is 12.1 Å². The summed E-state index contributed by atoms with van der Waals surface area (Å²) >= 11 is 0. The van der Waals surface area contributed by atoms with Gasteiger partial charge in [0.2, 0.25) is 35.4 Å². The lowest BCUT2D eigenvalue weighted by atomic mass is 10.0. The molecule has 1 heterocycles. The Morgan fingerprint density at radius 2 is 1.45 bits per heavy atom. The number of rotatable bonds is 19. The molecule has 3 rings (SSSR count). The van der Waals surface area contributed by atoms with E-state index in [0.717, 1.165) is 12.8 Å². The van der Waals surface area contributed by atoms with Gasteiger partial charge in [-0.25, -0.2) is 0 Å². The van der Waals surface area contributed by atoms with Gasteiger partial charge in [-0.05, 0) is 42.9 Å². The first kappa shape index (κ1) is 36.2. The van der Waals surface area contributed by atoms with Crippen LogP contribution in [0.1, 0.15) is 57.3 Å². The molecule has 1 aromatic heterocycles. The fourth-order valence-electron chi connectivity index (χ4n) is 4.92. The lowest BCUT2D eigenvalue weighted by molar-refractivity contribution is -0.384. The van der Waals surface area contributed by atoms with Crippen LogP contribution in [0.3, 0.4) is 0 Å². The summed E-state index contributed by atoms with van der Waals surface area (Å²) in [5.74, 6) is -2.73. The van der Waals surface area contributed by atoms with Crippen LogP contribution in [0.4, 0.5) is 5.69 Å². The lowest BCUT2D eigenvalue weighted by Crippen LogP contribution is -2.57. The fourth-order valence-corrected chi connectivity index (χ4v) is 4.92. The van der Waals surface area contributed by atoms with E-state index in [2.05, 4.69) is 26.6 Å². The van der Waals surface area contributed by atoms with E-state index in [0.29, 0.717) is 23.7 Å². The van der Waals surface area contributed by atoms with Gasteiger partial charge in [-0.1, -0.05) is 25.0 Å². The number of nitrogens with two attached hydrogens (primary N) is 1. The average Bonchev–Trinajstić information content (AvgIpc) is 3.68. The van der Waals surface area contributed by atoms with E-state index in [-0.39, 0.29) is 37.9 Å². The van der Waals surface area contributed by atoms with Gasteiger partial charge in [0, 0.05) is 45.4 Å². The molecule has 0 aliphatic heterocycles. The SMILES string of the molecule is CC(=O)N[C@@H](CCCNC(=O)[C@H](Cc1ccc([N+](=O)[O-])cc1)NC(=O)[C@H](Cc1ccco1)NC(=O)[C@H](CC1CC1)NC(C)=O)C(N)=O. The maximum absolute atomic E-state index is 13.7. The zero-order valence-electron chi connectivity index (χ0n) is 26.3. The van der Waals surface area contributed by atoms with Gasteiger partial charge in [0.05, 0.1) is 11.2 Å². The van der Waals surface area contributed by atoms with Gasteiger partial charge in [-0.2, -0.15) is 0 Å². The quantitative estimate of drug-likeness (QED) is 0.0683. The van der Waals surface area contributed by atoms with Gasteiger partial charge in [-0.15, -0.1) is 0 Å². The summed E-state index contributed by atoms with van der Waals surface area (Å²) in [7, 11) is 0. The number of nitro groups is 1. The number of benzene rings is 1. The second-order valence-electron chi connectivity index (χ2n) is 11.6. The molecule has 4 atom stereocenters. The van der Waals surface area contributed by atoms with E-state index in [9.17, 15) is 38.9 Å². The smallest absolute Gasteiger partial charge is 0.269 e. The van der Waals surface area contributed by atoms with Gasteiger partial charge in [0.25, 0.3) is 5.69 Å². The molecule has 1 fully saturated rings. The number of non-ortho nitro benzene ring substituents is 1. The third-order valence-electron chi connectivity index (χ3n) is 7.49. The minimum atomic E-state index is -1.19. The summed E-state index contributed by atoms with van der Waals surface area (Å²) in [5, 5.41) is 24.3. The van der Waals surface area contributed by atoms with Crippen LogP contribution in [-0.2, 0) is 41.6 Å². The average molecular weight is 656 g/mol. The molecular weight excluding hydrogens is 614 g/mol. The molecule has 2 aromatic rings. The Morgan fingerprint density at radius 1 is 0.851 bits per heavy atom. The number of nitro benzene ring substituents is 1. The van der Waals surface area contributed by atoms with Gasteiger partial charge in [0.1, 0.15) is 29.9 Å². The van der Waals surface area contributed by atoms with Crippen molar-refractivity contribution < 1.29 is 38.1 Å². The molecule has 0 bridgehead atoms. The van der Waals surface area contributed by atoms with Crippen molar-refractivity contribution in [2.24, 2.45) is 11.7 Å². The first-order valence-corrected chi connectivity index (χ1v) is 15.3. The molecule has 47 heavy (non-hydrogen) atoms. The number of hydrogen-bond donors (Lipinski definition) is 6. The minimum absolute atomic E-state index is 0.0513. The van der Waals surface area contributed by atoms with Crippen molar-refractivity contribution in [1.82, 2.24) is 26.6 Å². The molecule has 1 saturated carbocycles. The zero-order chi connectivity index (χ0) is 34.5. The van der Waals surface area contributed by atoms with Crippen LogP contribution in [0.5, 0.6) is 0 Å². The lowest BCUT2D eigenvalue weighted by Gasteiger charge is -2.25. The summed E-state index contributed by atoms with van der Waals surface area (Å²) < 4.78 is 5.40. The topological polar surface area (TPSA) is 245 Å². The number of hydrogen-bond acceptors (Lipinski definition) is 9. The van der Waals surface area contributed by atoms with Crippen molar-refractivity contribution in [1.29, 1.82) is 0 Å². The first-order valence-electron chi connectivity index (χ1n) is 15.3. The van der Waals surface area contributed by atoms with Gasteiger partial charge < -0.3 is 36.7 Å². The van der Waals surface area contributed by atoms with Crippen LogP contribution < -0.4 is 32.3 Å². The molecule has 0 saturated heterocycles. The molecule has 0 unspecified atom stereocenters. The van der Waals surface area contributed by atoms with Crippen molar-refractivity contribution in [3.8, 4) is 0 Å². The maximum atomic E-state index is 13.7. The van der Waals surface area contributed by atoms with E-state index in [1.807, 2.05) is 0 Å². The number of nitrogens with one attached hydrogen (secondary N) is 5. The molecule has 1 aliphatic carbocycles. The van der Waals surface area contributed by atoms with Crippen molar-refractivity contribution >= 4 is 41.1 Å². The number of primary amides is 1. The summed E-state index contributed by atoms with van der Waals surface area (Å²) in [6, 6.07) is 4.59. The van der Waals surface area contributed by atoms with Crippen molar-refractivity contribution in [2.75, 3.05) is 6.54 Å². The Balaban J connectivity index is 1.77. The molecule has 254 valence electrons. The van der Waals surface area contributed by atoms with Crippen molar-refractivity contribution in [2.45, 2.75) is 83.0 Å². The molecule has 0 spiro atoms. The third-order valence-corrected chi connectivity index (χ3v) is 7.49. The maximum Gasteiger partial charge on any atom is 0.269 e. The molecule has 6 amide bonds. The highest BCUT2D eigenvalue weighted by Gasteiger charge is 2.33. The predicted molar refractivity (Wildman–Crippen MR) is 167 cm³/mol. The highest BCUT2D eigenvalue weighted by molar-refractivity contribution is 5.94. The summed E-state index contributed by atoms with van der Waals surface area (Å²) in [6.45, 7) is 2.62. The number of furan rings is 1. The Morgan fingerprint density at radius 3 is 1.98 bits per heavy atom. The van der Waals surface area contributed by atoms with Crippen LogP contribution in [0, 0.1) is 16.0 Å². The molecular formula is C31H41N7O9. The van der Waals surface area contributed by atoms with E-state index in [4.69, 9.17) is 10.2 Å². The monoisotopic (exact) mass is 655 g/mol. The Hall–Kier alpha value is -5.28. The number of carbonyl (C=O) groups excluding carboxylic acids is 6. The van der Waals surface area contributed by atoms with Gasteiger partial charge in [-0.3, -0.25) is 38.9 Å². The van der Waals surface area contributed by atoms with Crippen LogP contribution in [0.2, 0.25) is 0 Å². The van der Waals surface area contributed by atoms with Gasteiger partial charge >= 0.3 is 0 Å². The van der Waals surface area contributed by atoms with Crippen LogP contribution in [-0.4, -0.2) is 71.1 Å². The first-order chi connectivity index (χ1) is 22.3. The summed E-state index contributed by atoms with van der Waals surface area (Å²) in [5.41, 5.74) is 5.70. The normalized spacial score (nSPS) is 14.9. The summed E-state index contributed by atoms with van der Waals surface area (Å²) in [6.07, 6.45) is 4.03. The Labute approximate surface area is 271 Å². The number of amides is 6. The molecule has 7 N–H and O–H groups in total. The molecule has 1 aromatic carbocycles. The fraction of sp³-hybridized carbons (Fsp3) is 0.484. The standard InChI is InChI=1S/C31H41N7O9/c1-18(39)34-24(28(32)41)6-3-13-33-29(42)25(15-21-9-11-22(12-10-21)38(45)46)36-31(44)27(17-23-5-4-14-47-23)37-30(43)26(35-19(2)40)16-20-7-8-20/h4-5,9-12,14,20,24-27H,3,6-8,13,15-17H2,1-2H3,(H2,32,41)(H,33,42)(H,34,39)(H,35,40)(H,36,44)(H,37,43)/t24-,25-,26-,27-/m0/s1. The number of nitrogens with zero attached hydrogens (tertiary/aromatic N) is 1. The van der Waals surface area contributed by atoms with Crippen LogP contribution >= 0.6 is 0 Å². The second-order valence-corrected chi connectivity index (χ2v) is 11.6. The van der Waals surface area contributed by atoms with E-state index >= 15 is 0 Å². The van der Waals surface area contributed by atoms with Crippen molar-refractivity contribution in [3.05, 3.63) is 64.1 Å². The molecule has 16 heteroatoms. The largest absolute Gasteiger partial charge is 0.469 e. The highest BCUT2D eigenvalue weighted by atomic mass is 16.6. The molecule has 0 radical (unpaired) electrons.